The van der Waals surface area contributed by atoms with Gasteiger partial charge in [0.1, 0.15) is 5.69 Å². The molecule has 1 amide bonds. The summed E-state index contributed by atoms with van der Waals surface area (Å²) in [6, 6.07) is 3.50. The van der Waals surface area contributed by atoms with Crippen molar-refractivity contribution in [1.82, 2.24) is 10.3 Å². The van der Waals surface area contributed by atoms with Gasteiger partial charge in [-0.25, -0.2) is 4.98 Å². The van der Waals surface area contributed by atoms with Crippen LogP contribution in [0.4, 0.5) is 0 Å². The number of carbonyl (C=O) groups is 1. The molecule has 5 heteroatoms. The van der Waals surface area contributed by atoms with E-state index in [9.17, 15) is 4.79 Å². The minimum absolute atomic E-state index is 0.140. The van der Waals surface area contributed by atoms with Gasteiger partial charge in [0, 0.05) is 21.5 Å². The Hall–Kier alpha value is -0.420. The summed E-state index contributed by atoms with van der Waals surface area (Å²) in [5, 5.41) is 3.80. The van der Waals surface area contributed by atoms with E-state index in [1.807, 2.05) is 13.8 Å². The van der Waals surface area contributed by atoms with Gasteiger partial charge in [-0.2, -0.15) is 0 Å². The largest absolute Gasteiger partial charge is 0.346 e. The molecule has 1 aromatic rings. The monoisotopic (exact) mass is 348 g/mol. The van der Waals surface area contributed by atoms with Gasteiger partial charge in [-0.1, -0.05) is 15.9 Å². The van der Waals surface area contributed by atoms with Crippen LogP contribution in [0.1, 0.15) is 30.8 Å². The molecule has 3 nitrogen and oxygen atoms in total. The highest BCUT2D eigenvalue weighted by atomic mass is 79.9. The van der Waals surface area contributed by atoms with E-state index in [0.717, 1.165) is 16.2 Å². The van der Waals surface area contributed by atoms with Crippen LogP contribution in [0.5, 0.6) is 0 Å². The zero-order valence-electron chi connectivity index (χ0n) is 9.26. The summed E-state index contributed by atoms with van der Waals surface area (Å²) in [4.78, 5) is 15.9. The Morgan fingerprint density at radius 1 is 1.50 bits per heavy atom. The highest BCUT2D eigenvalue weighted by molar-refractivity contribution is 9.10. The molecule has 0 fully saturated rings. The van der Waals surface area contributed by atoms with Crippen LogP contribution in [0.2, 0.25) is 0 Å². The van der Waals surface area contributed by atoms with Crippen LogP contribution >= 0.6 is 31.9 Å². The van der Waals surface area contributed by atoms with Crippen molar-refractivity contribution in [2.45, 2.75) is 25.8 Å². The quantitative estimate of drug-likeness (QED) is 0.848. The van der Waals surface area contributed by atoms with Gasteiger partial charge in [0.15, 0.2) is 0 Å². The Balaban J connectivity index is 2.69. The second-order valence-corrected chi connectivity index (χ2v) is 5.85. The summed E-state index contributed by atoms with van der Waals surface area (Å²) in [5.41, 5.74) is 0.209. The third kappa shape index (κ3) is 4.22. The summed E-state index contributed by atoms with van der Waals surface area (Å²) in [6.07, 6.45) is 2.49. The highest BCUT2D eigenvalue weighted by Crippen LogP contribution is 2.12. The minimum Gasteiger partial charge on any atom is -0.346 e. The lowest BCUT2D eigenvalue weighted by atomic mass is 10.0. The van der Waals surface area contributed by atoms with Crippen molar-refractivity contribution in [3.63, 3.8) is 0 Å². The minimum atomic E-state index is -0.227. The molecule has 0 bridgehead atoms. The number of halogens is 2. The van der Waals surface area contributed by atoms with Gasteiger partial charge in [-0.05, 0) is 48.3 Å². The fraction of sp³-hybridized carbons (Fsp3) is 0.455. The van der Waals surface area contributed by atoms with Crippen LogP contribution in [0.25, 0.3) is 0 Å². The maximum absolute atomic E-state index is 11.8. The average molecular weight is 350 g/mol. The van der Waals surface area contributed by atoms with Crippen molar-refractivity contribution in [2.75, 3.05) is 5.33 Å². The van der Waals surface area contributed by atoms with Gasteiger partial charge in [-0.3, -0.25) is 4.79 Å². The molecule has 16 heavy (non-hydrogen) atoms. The molecule has 0 spiro atoms. The van der Waals surface area contributed by atoms with E-state index in [4.69, 9.17) is 0 Å². The second-order valence-electron chi connectivity index (χ2n) is 4.14. The van der Waals surface area contributed by atoms with Crippen molar-refractivity contribution in [3.05, 3.63) is 28.5 Å². The molecule has 0 aliphatic heterocycles. The van der Waals surface area contributed by atoms with Crippen molar-refractivity contribution < 1.29 is 4.79 Å². The molecule has 88 valence electrons. The second kappa shape index (κ2) is 5.77. The number of nitrogens with one attached hydrogen (secondary N) is 1. The number of hydrogen-bond acceptors (Lipinski definition) is 2. The molecule has 0 saturated heterocycles. The van der Waals surface area contributed by atoms with Gasteiger partial charge in [-0.15, -0.1) is 0 Å². The van der Waals surface area contributed by atoms with E-state index in [0.29, 0.717) is 5.69 Å². The van der Waals surface area contributed by atoms with Crippen LogP contribution < -0.4 is 5.32 Å². The summed E-state index contributed by atoms with van der Waals surface area (Å²) >= 11 is 6.65. The molecule has 1 heterocycles. The van der Waals surface area contributed by atoms with Crippen molar-refractivity contribution >= 4 is 37.8 Å². The zero-order valence-corrected chi connectivity index (χ0v) is 12.4. The van der Waals surface area contributed by atoms with Gasteiger partial charge in [0.25, 0.3) is 5.91 Å². The molecule has 0 aliphatic rings. The number of pyridine rings is 1. The fourth-order valence-corrected chi connectivity index (χ4v) is 2.41. The third-order valence-corrected chi connectivity index (χ3v) is 3.00. The standard InChI is InChI=1S/C11H14Br2N2O/c1-11(2,5-6-12)15-10(16)9-4-3-8(13)7-14-9/h3-4,7H,5-6H2,1-2H3,(H,15,16). The predicted octanol–water partition coefficient (Wildman–Crippen LogP) is 3.14. The number of aromatic nitrogens is 1. The van der Waals surface area contributed by atoms with Gasteiger partial charge in [0.2, 0.25) is 0 Å². The normalized spacial score (nSPS) is 11.2. The molecular weight excluding hydrogens is 336 g/mol. The van der Waals surface area contributed by atoms with E-state index < -0.39 is 0 Å². The SMILES string of the molecule is CC(C)(CCBr)NC(=O)c1ccc(Br)cn1. The van der Waals surface area contributed by atoms with Gasteiger partial charge in [0.05, 0.1) is 0 Å². The number of rotatable bonds is 4. The number of hydrogen-bond donors (Lipinski definition) is 1. The Morgan fingerprint density at radius 3 is 2.69 bits per heavy atom. The molecule has 0 aliphatic carbocycles. The van der Waals surface area contributed by atoms with Crippen LogP contribution in [0, 0.1) is 0 Å². The summed E-state index contributed by atoms with van der Waals surface area (Å²) in [7, 11) is 0. The average Bonchev–Trinajstić information content (AvgIpc) is 2.17. The molecular formula is C11H14Br2N2O. The van der Waals surface area contributed by atoms with Gasteiger partial charge >= 0.3 is 0 Å². The highest BCUT2D eigenvalue weighted by Gasteiger charge is 2.20. The maximum atomic E-state index is 11.8. The zero-order chi connectivity index (χ0) is 12.2. The first kappa shape index (κ1) is 13.6. The molecule has 0 saturated carbocycles. The van der Waals surface area contributed by atoms with Crippen LogP contribution in [0.3, 0.4) is 0 Å². The fourth-order valence-electron chi connectivity index (χ4n) is 1.18. The number of carbonyl (C=O) groups excluding carboxylic acids is 1. The van der Waals surface area contributed by atoms with Crippen molar-refractivity contribution in [2.24, 2.45) is 0 Å². The van der Waals surface area contributed by atoms with E-state index in [-0.39, 0.29) is 11.4 Å². The van der Waals surface area contributed by atoms with E-state index in [2.05, 4.69) is 42.2 Å². The molecule has 0 atom stereocenters. The van der Waals surface area contributed by atoms with Crippen molar-refractivity contribution in [1.29, 1.82) is 0 Å². The number of nitrogens with zero attached hydrogens (tertiary/aromatic N) is 1. The topological polar surface area (TPSA) is 42.0 Å². The lowest BCUT2D eigenvalue weighted by Gasteiger charge is -2.25. The van der Waals surface area contributed by atoms with E-state index in [1.54, 1.807) is 18.3 Å². The first-order chi connectivity index (χ1) is 7.44. The number of amides is 1. The smallest absolute Gasteiger partial charge is 0.270 e. The van der Waals surface area contributed by atoms with Crippen LogP contribution in [0.15, 0.2) is 22.8 Å². The Bertz CT molecular complexity index is 363. The third-order valence-electron chi connectivity index (χ3n) is 2.13. The van der Waals surface area contributed by atoms with E-state index in [1.165, 1.54) is 0 Å². The first-order valence-electron chi connectivity index (χ1n) is 4.95. The van der Waals surface area contributed by atoms with Gasteiger partial charge < -0.3 is 5.32 Å². The van der Waals surface area contributed by atoms with Crippen LogP contribution in [-0.2, 0) is 0 Å². The van der Waals surface area contributed by atoms with Crippen LogP contribution in [-0.4, -0.2) is 21.8 Å². The molecule has 1 N–H and O–H groups in total. The lowest BCUT2D eigenvalue weighted by molar-refractivity contribution is 0.0906. The summed E-state index contributed by atoms with van der Waals surface area (Å²) in [5.74, 6) is -0.140. The summed E-state index contributed by atoms with van der Waals surface area (Å²) in [6.45, 7) is 3.98. The molecule has 0 aromatic carbocycles. The Kier molecular flexibility index (Phi) is 4.92. The summed E-state index contributed by atoms with van der Waals surface area (Å²) < 4.78 is 0.865. The molecule has 0 unspecified atom stereocenters. The lowest BCUT2D eigenvalue weighted by Crippen LogP contribution is -2.43. The molecule has 1 rings (SSSR count). The maximum Gasteiger partial charge on any atom is 0.270 e. The van der Waals surface area contributed by atoms with E-state index >= 15 is 0 Å². The number of alkyl halides is 1. The Labute approximate surface area is 112 Å². The first-order valence-corrected chi connectivity index (χ1v) is 6.86. The molecule has 0 radical (unpaired) electrons. The predicted molar refractivity (Wildman–Crippen MR) is 71.9 cm³/mol. The molecule has 1 aromatic heterocycles. The van der Waals surface area contributed by atoms with Crippen molar-refractivity contribution in [3.8, 4) is 0 Å². The Morgan fingerprint density at radius 2 is 2.19 bits per heavy atom.